The first-order valence-corrected chi connectivity index (χ1v) is 9.25. The minimum Gasteiger partial charge on any atom is -0.484 e. The van der Waals surface area contributed by atoms with Gasteiger partial charge in [0.2, 0.25) is 0 Å². The lowest BCUT2D eigenvalue weighted by molar-refractivity contribution is -0.132. The van der Waals surface area contributed by atoms with Crippen LogP contribution in [-0.2, 0) is 11.3 Å². The number of ether oxygens (including phenoxy) is 1. The lowest BCUT2D eigenvalue weighted by atomic mass is 10.0. The van der Waals surface area contributed by atoms with E-state index in [1.54, 1.807) is 47.5 Å². The Balaban J connectivity index is 1.55. The van der Waals surface area contributed by atoms with Crippen LogP contribution in [0.2, 0.25) is 0 Å². The van der Waals surface area contributed by atoms with Crippen molar-refractivity contribution in [1.82, 2.24) is 4.90 Å². The van der Waals surface area contributed by atoms with Crippen LogP contribution in [0.3, 0.4) is 0 Å². The highest BCUT2D eigenvalue weighted by molar-refractivity contribution is 7.07. The van der Waals surface area contributed by atoms with E-state index in [1.807, 2.05) is 16.8 Å². The largest absolute Gasteiger partial charge is 0.484 e. The molecule has 3 rings (SSSR count). The summed E-state index contributed by atoms with van der Waals surface area (Å²) in [6.45, 7) is 0.461. The van der Waals surface area contributed by atoms with Gasteiger partial charge in [-0.2, -0.15) is 11.3 Å². The molecule has 1 amide bonds. The number of nitrogens with zero attached hydrogens (tertiary/aromatic N) is 1. The Labute approximate surface area is 160 Å². The van der Waals surface area contributed by atoms with Crippen molar-refractivity contribution in [2.45, 2.75) is 6.54 Å². The molecule has 0 N–H and O–H groups in total. The molecule has 0 aliphatic heterocycles. The highest BCUT2D eigenvalue weighted by atomic mass is 32.1. The molecule has 0 aliphatic rings. The highest BCUT2D eigenvalue weighted by Crippen LogP contribution is 2.16. The third-order valence-electron chi connectivity index (χ3n) is 4.01. The minimum atomic E-state index is -0.385. The summed E-state index contributed by atoms with van der Waals surface area (Å²) in [5.41, 5.74) is 1.96. The number of amides is 1. The predicted octanol–water partition coefficient (Wildman–Crippen LogP) is 4.16. The molecule has 3 aromatic rings. The number of ketones is 1. The molecule has 0 spiro atoms. The lowest BCUT2D eigenvalue weighted by Gasteiger charge is -2.16. The fraction of sp³-hybridized carbons (Fsp3) is 0.143. The number of rotatable bonds is 7. The van der Waals surface area contributed by atoms with Gasteiger partial charge in [-0.15, -0.1) is 0 Å². The van der Waals surface area contributed by atoms with Gasteiger partial charge in [-0.3, -0.25) is 9.59 Å². The molecule has 0 saturated heterocycles. The fourth-order valence-corrected chi connectivity index (χ4v) is 3.13. The standard InChI is InChI=1S/C21H18FNO3S/c1-23(12-15-10-11-27-14-15)20(24)13-26-19-8-4-17(5-9-19)21(25)16-2-6-18(22)7-3-16/h2-11,14H,12-13H2,1H3. The normalized spacial score (nSPS) is 10.4. The van der Waals surface area contributed by atoms with Crippen molar-refractivity contribution in [3.8, 4) is 5.75 Å². The smallest absolute Gasteiger partial charge is 0.260 e. The maximum atomic E-state index is 13.0. The second kappa shape index (κ2) is 8.60. The summed E-state index contributed by atoms with van der Waals surface area (Å²) in [6, 6.07) is 13.9. The number of likely N-dealkylation sites (N-methyl/N-ethyl adjacent to an activating group) is 1. The molecule has 1 heterocycles. The van der Waals surface area contributed by atoms with Crippen LogP contribution in [0.5, 0.6) is 5.75 Å². The third-order valence-corrected chi connectivity index (χ3v) is 4.74. The van der Waals surface area contributed by atoms with Gasteiger partial charge in [0.1, 0.15) is 11.6 Å². The molecule has 2 aromatic carbocycles. The topological polar surface area (TPSA) is 46.6 Å². The number of hydrogen-bond acceptors (Lipinski definition) is 4. The van der Waals surface area contributed by atoms with Gasteiger partial charge in [0.25, 0.3) is 5.91 Å². The second-order valence-electron chi connectivity index (χ2n) is 6.03. The van der Waals surface area contributed by atoms with E-state index in [2.05, 4.69) is 0 Å². The van der Waals surface area contributed by atoms with Gasteiger partial charge in [-0.25, -0.2) is 4.39 Å². The number of carbonyl (C=O) groups excluding carboxylic acids is 2. The second-order valence-corrected chi connectivity index (χ2v) is 6.81. The first-order chi connectivity index (χ1) is 13.0. The molecule has 4 nitrogen and oxygen atoms in total. The van der Waals surface area contributed by atoms with Crippen LogP contribution in [0, 0.1) is 5.82 Å². The SMILES string of the molecule is CN(Cc1ccsc1)C(=O)COc1ccc(C(=O)c2ccc(F)cc2)cc1. The van der Waals surface area contributed by atoms with Crippen molar-refractivity contribution in [3.63, 3.8) is 0 Å². The monoisotopic (exact) mass is 383 g/mol. The molecular weight excluding hydrogens is 365 g/mol. The maximum absolute atomic E-state index is 13.0. The average Bonchev–Trinajstić information content (AvgIpc) is 3.19. The number of carbonyl (C=O) groups is 2. The van der Waals surface area contributed by atoms with Gasteiger partial charge in [0.15, 0.2) is 12.4 Å². The van der Waals surface area contributed by atoms with Gasteiger partial charge >= 0.3 is 0 Å². The Bertz CT molecular complexity index is 906. The van der Waals surface area contributed by atoms with Crippen LogP contribution >= 0.6 is 11.3 Å². The number of benzene rings is 2. The lowest BCUT2D eigenvalue weighted by Crippen LogP contribution is -2.30. The van der Waals surface area contributed by atoms with Gasteiger partial charge < -0.3 is 9.64 Å². The maximum Gasteiger partial charge on any atom is 0.260 e. The van der Waals surface area contributed by atoms with E-state index in [4.69, 9.17) is 4.74 Å². The molecule has 138 valence electrons. The summed E-state index contributed by atoms with van der Waals surface area (Å²) < 4.78 is 18.5. The summed E-state index contributed by atoms with van der Waals surface area (Å²) in [5, 5.41) is 3.97. The van der Waals surface area contributed by atoms with E-state index < -0.39 is 0 Å². The highest BCUT2D eigenvalue weighted by Gasteiger charge is 2.12. The predicted molar refractivity (Wildman–Crippen MR) is 103 cm³/mol. The van der Waals surface area contributed by atoms with Gasteiger partial charge in [-0.05, 0) is 70.9 Å². The average molecular weight is 383 g/mol. The molecule has 27 heavy (non-hydrogen) atoms. The zero-order valence-corrected chi connectivity index (χ0v) is 15.5. The van der Waals surface area contributed by atoms with Crippen LogP contribution in [-0.4, -0.2) is 30.2 Å². The molecule has 0 atom stereocenters. The molecule has 0 aliphatic carbocycles. The van der Waals surface area contributed by atoms with Crippen LogP contribution in [0.15, 0.2) is 65.4 Å². The molecule has 0 unspecified atom stereocenters. The van der Waals surface area contributed by atoms with E-state index in [0.29, 0.717) is 23.4 Å². The molecule has 0 fully saturated rings. The molecular formula is C21H18FNO3S. The van der Waals surface area contributed by atoms with E-state index in [-0.39, 0.29) is 24.1 Å². The van der Waals surface area contributed by atoms with E-state index in [1.165, 1.54) is 24.3 Å². The Morgan fingerprint density at radius 1 is 1.00 bits per heavy atom. The van der Waals surface area contributed by atoms with Gasteiger partial charge in [0, 0.05) is 24.7 Å². The summed E-state index contributed by atoms with van der Waals surface area (Å²) in [5.74, 6) is -0.215. The van der Waals surface area contributed by atoms with Crippen molar-refractivity contribution in [3.05, 3.63) is 87.9 Å². The first-order valence-electron chi connectivity index (χ1n) is 8.31. The Kier molecular flexibility index (Phi) is 5.98. The number of hydrogen-bond donors (Lipinski definition) is 0. The van der Waals surface area contributed by atoms with Crippen molar-refractivity contribution >= 4 is 23.0 Å². The van der Waals surface area contributed by atoms with E-state index >= 15 is 0 Å². The van der Waals surface area contributed by atoms with Crippen LogP contribution in [0.4, 0.5) is 4.39 Å². The molecule has 1 aromatic heterocycles. The van der Waals surface area contributed by atoms with Crippen LogP contribution in [0.25, 0.3) is 0 Å². The Morgan fingerprint density at radius 3 is 2.22 bits per heavy atom. The van der Waals surface area contributed by atoms with E-state index in [9.17, 15) is 14.0 Å². The number of thiophene rings is 1. The van der Waals surface area contributed by atoms with Crippen molar-refractivity contribution in [2.24, 2.45) is 0 Å². The number of halogens is 1. The summed E-state index contributed by atoms with van der Waals surface area (Å²) in [6.07, 6.45) is 0. The minimum absolute atomic E-state index is 0.0775. The van der Waals surface area contributed by atoms with Crippen molar-refractivity contribution in [2.75, 3.05) is 13.7 Å². The molecule has 0 bridgehead atoms. The summed E-state index contributed by atoms with van der Waals surface area (Å²) >= 11 is 1.59. The summed E-state index contributed by atoms with van der Waals surface area (Å²) in [4.78, 5) is 26.1. The fourth-order valence-electron chi connectivity index (χ4n) is 2.47. The zero-order chi connectivity index (χ0) is 19.2. The van der Waals surface area contributed by atoms with Crippen molar-refractivity contribution < 1.29 is 18.7 Å². The molecule has 0 radical (unpaired) electrons. The van der Waals surface area contributed by atoms with Crippen molar-refractivity contribution in [1.29, 1.82) is 0 Å². The molecule has 0 saturated carbocycles. The Morgan fingerprint density at radius 2 is 1.63 bits per heavy atom. The zero-order valence-electron chi connectivity index (χ0n) is 14.7. The van der Waals surface area contributed by atoms with Crippen LogP contribution in [0.1, 0.15) is 21.5 Å². The quantitative estimate of drug-likeness (QED) is 0.576. The third kappa shape index (κ3) is 5.01. The Hall–Kier alpha value is -2.99. The van der Waals surface area contributed by atoms with Gasteiger partial charge in [-0.1, -0.05) is 0 Å². The first kappa shape index (κ1) is 18.8. The van der Waals surface area contributed by atoms with E-state index in [0.717, 1.165) is 5.56 Å². The summed E-state index contributed by atoms with van der Waals surface area (Å²) in [7, 11) is 1.73. The van der Waals surface area contributed by atoms with Gasteiger partial charge in [0.05, 0.1) is 0 Å². The van der Waals surface area contributed by atoms with Crippen LogP contribution < -0.4 is 4.74 Å². The molecule has 6 heteroatoms.